The lowest BCUT2D eigenvalue weighted by atomic mass is 10.0. The number of fused-ring (bicyclic) bond motifs is 1. The predicted octanol–water partition coefficient (Wildman–Crippen LogP) is 8.85. The van der Waals surface area contributed by atoms with Gasteiger partial charge in [0.2, 0.25) is 0 Å². The van der Waals surface area contributed by atoms with E-state index in [-0.39, 0.29) is 36.6 Å². The second kappa shape index (κ2) is 26.3. The molecule has 1 unspecified atom stereocenters. The summed E-state index contributed by atoms with van der Waals surface area (Å²) in [5, 5.41) is 33.2. The van der Waals surface area contributed by atoms with Crippen molar-refractivity contribution < 1.29 is 37.5 Å². The standard InChI is InChI=1S/C40H60FN6O7P/c1-2-3-4-5-6-7-8-9-10-11-12-13-14-15-16-17-18-19-35(51-27-33-21-20-32(26-42)24-36(33)41)28-53-55(49,50)54-29-39(52-30-43)38(48)25-34-22-23-37-40(44)45-31-46-47(34)37/h20-24,31,35,38-39,48H,2-19,25,27-29H2,1H3,(H,49,50)(H2,44,45,46)/t35-,38+,39-/m1/s1. The lowest BCUT2D eigenvalue weighted by Crippen LogP contribution is -2.34. The molecular formula is C40H60FN6O7P. The second-order valence-electron chi connectivity index (χ2n) is 14.1. The van der Waals surface area contributed by atoms with Gasteiger partial charge in [0.15, 0.2) is 11.9 Å². The molecule has 0 aliphatic carbocycles. The number of halogens is 1. The highest BCUT2D eigenvalue weighted by molar-refractivity contribution is 7.47. The Morgan fingerprint density at radius 2 is 1.49 bits per heavy atom. The van der Waals surface area contributed by atoms with Crippen molar-refractivity contribution in [3.63, 3.8) is 0 Å². The zero-order valence-electron chi connectivity index (χ0n) is 32.3. The van der Waals surface area contributed by atoms with Gasteiger partial charge in [0.05, 0.1) is 43.7 Å². The molecule has 3 rings (SSSR count). The van der Waals surface area contributed by atoms with Gasteiger partial charge in [-0.1, -0.05) is 122 Å². The predicted molar refractivity (Wildman–Crippen MR) is 208 cm³/mol. The fourth-order valence-electron chi connectivity index (χ4n) is 6.43. The normalized spacial score (nSPS) is 14.2. The summed E-state index contributed by atoms with van der Waals surface area (Å²) < 4.78 is 50.3. The molecule has 0 amide bonds. The highest BCUT2D eigenvalue weighted by Crippen LogP contribution is 2.44. The molecule has 4 N–H and O–H groups in total. The number of unbranched alkanes of at least 4 members (excludes halogenated alkanes) is 16. The third-order valence-corrected chi connectivity index (χ3v) is 10.7. The Hall–Kier alpha value is -3.62. The van der Waals surface area contributed by atoms with Crippen LogP contribution in [0.15, 0.2) is 36.7 Å². The lowest BCUT2D eigenvalue weighted by molar-refractivity contribution is -0.0285. The lowest BCUT2D eigenvalue weighted by Gasteiger charge is -2.23. The number of hydrogen-bond acceptors (Lipinski definition) is 11. The molecule has 15 heteroatoms. The summed E-state index contributed by atoms with van der Waals surface area (Å²) in [6.45, 7) is 1.16. The molecule has 0 saturated carbocycles. The maximum absolute atomic E-state index is 14.6. The van der Waals surface area contributed by atoms with Gasteiger partial charge in [-0.3, -0.25) is 9.05 Å². The quantitative estimate of drug-likeness (QED) is 0.0319. The monoisotopic (exact) mass is 786 g/mol. The highest BCUT2D eigenvalue weighted by atomic mass is 31.2. The fraction of sp³-hybridized carbons (Fsp3) is 0.650. The molecule has 2 aromatic heterocycles. The first kappa shape index (κ1) is 45.8. The van der Waals surface area contributed by atoms with Crippen LogP contribution in [-0.4, -0.2) is 56.1 Å². The number of nitrogens with zero attached hydrogens (tertiary/aromatic N) is 5. The number of hydrogen-bond donors (Lipinski definition) is 3. The van der Waals surface area contributed by atoms with Crippen LogP contribution in [0.1, 0.15) is 139 Å². The Balaban J connectivity index is 1.41. The van der Waals surface area contributed by atoms with Gasteiger partial charge >= 0.3 is 7.82 Å². The maximum atomic E-state index is 14.6. The molecule has 1 aromatic carbocycles. The number of aliphatic hydroxyl groups excluding tert-OH is 1. The number of ether oxygens (including phenoxy) is 2. The number of aromatic nitrogens is 3. The van der Waals surface area contributed by atoms with Crippen LogP contribution in [0, 0.1) is 28.7 Å². The average Bonchev–Trinajstić information content (AvgIpc) is 3.59. The molecule has 0 spiro atoms. The van der Waals surface area contributed by atoms with E-state index in [4.69, 9.17) is 34.8 Å². The number of benzene rings is 1. The Bertz CT molecular complexity index is 1660. The smallest absolute Gasteiger partial charge is 0.419 e. The topological polar surface area (TPSA) is 198 Å². The Labute approximate surface area is 325 Å². The number of nitriles is 2. The highest BCUT2D eigenvalue weighted by Gasteiger charge is 2.30. The zero-order valence-corrected chi connectivity index (χ0v) is 33.2. The van der Waals surface area contributed by atoms with Crippen molar-refractivity contribution >= 4 is 19.2 Å². The van der Waals surface area contributed by atoms with Crippen molar-refractivity contribution in [2.45, 2.75) is 154 Å². The number of aliphatic hydroxyl groups is 1. The Morgan fingerprint density at radius 3 is 2.07 bits per heavy atom. The molecule has 0 aliphatic heterocycles. The minimum atomic E-state index is -4.71. The summed E-state index contributed by atoms with van der Waals surface area (Å²) in [6.07, 6.45) is 21.0. The number of anilines is 1. The van der Waals surface area contributed by atoms with E-state index in [0.717, 1.165) is 31.7 Å². The van der Waals surface area contributed by atoms with Gasteiger partial charge < -0.3 is 25.2 Å². The molecule has 0 radical (unpaired) electrons. The molecule has 0 fully saturated rings. The van der Waals surface area contributed by atoms with E-state index < -0.39 is 38.6 Å². The van der Waals surface area contributed by atoms with Crippen molar-refractivity contribution in [2.75, 3.05) is 18.9 Å². The fourth-order valence-corrected chi connectivity index (χ4v) is 7.20. The van der Waals surface area contributed by atoms with E-state index >= 15 is 0 Å². The molecule has 0 saturated heterocycles. The van der Waals surface area contributed by atoms with Gasteiger partial charge in [-0.05, 0) is 30.7 Å². The van der Waals surface area contributed by atoms with E-state index in [2.05, 4.69) is 17.0 Å². The van der Waals surface area contributed by atoms with Gasteiger partial charge in [-0.2, -0.15) is 15.6 Å². The van der Waals surface area contributed by atoms with E-state index in [9.17, 15) is 19.0 Å². The van der Waals surface area contributed by atoms with Crippen molar-refractivity contribution in [2.24, 2.45) is 0 Å². The third-order valence-electron chi connectivity index (χ3n) is 9.72. The maximum Gasteiger partial charge on any atom is 0.472 e. The summed E-state index contributed by atoms with van der Waals surface area (Å²) >= 11 is 0. The van der Waals surface area contributed by atoms with Crippen LogP contribution in [-0.2, 0) is 36.1 Å². The molecule has 55 heavy (non-hydrogen) atoms. The van der Waals surface area contributed by atoms with Crippen molar-refractivity contribution in [1.29, 1.82) is 10.5 Å². The van der Waals surface area contributed by atoms with Gasteiger partial charge in [0.25, 0.3) is 6.26 Å². The summed E-state index contributed by atoms with van der Waals surface area (Å²) in [4.78, 5) is 14.4. The minimum Gasteiger partial charge on any atom is -0.419 e. The van der Waals surface area contributed by atoms with Crippen LogP contribution in [0.3, 0.4) is 0 Å². The molecule has 4 atom stereocenters. The number of phosphoric ester groups is 1. The molecule has 0 aliphatic rings. The summed E-state index contributed by atoms with van der Waals surface area (Å²) in [5.74, 6) is -0.338. The van der Waals surface area contributed by atoms with Crippen LogP contribution in [0.2, 0.25) is 0 Å². The number of nitrogens with two attached hydrogens (primary N) is 1. The van der Waals surface area contributed by atoms with Crippen LogP contribution in [0.4, 0.5) is 10.2 Å². The van der Waals surface area contributed by atoms with Gasteiger partial charge in [0, 0.05) is 17.7 Å². The Morgan fingerprint density at radius 1 is 0.891 bits per heavy atom. The number of nitrogen functional groups attached to an aromatic ring is 1. The number of rotatable bonds is 31. The first-order valence-corrected chi connectivity index (χ1v) is 21.4. The van der Waals surface area contributed by atoms with E-state index in [1.165, 1.54) is 113 Å². The van der Waals surface area contributed by atoms with Gasteiger partial charge in [-0.15, -0.1) is 0 Å². The third kappa shape index (κ3) is 17.8. The van der Waals surface area contributed by atoms with Gasteiger partial charge in [-0.25, -0.2) is 18.5 Å². The SMILES string of the molecule is CCCCCCCCCCCCCCCCCCC[C@H](COP(=O)(O)OC[C@@H](OC#N)[C@@H](O)Cc1ccc2c(N)ncnn12)OCc1ccc(C#N)cc1F. The summed E-state index contributed by atoms with van der Waals surface area (Å²) in [5.41, 5.74) is 7.37. The minimum absolute atomic E-state index is 0.0436. The van der Waals surface area contributed by atoms with Crippen molar-refractivity contribution in [3.8, 4) is 12.3 Å². The molecular weight excluding hydrogens is 726 g/mol. The van der Waals surface area contributed by atoms with Crippen molar-refractivity contribution in [3.05, 3.63) is 59.3 Å². The first-order chi connectivity index (χ1) is 26.7. The average molecular weight is 787 g/mol. The van der Waals surface area contributed by atoms with E-state index in [0.29, 0.717) is 17.6 Å². The molecule has 0 bridgehead atoms. The van der Waals surface area contributed by atoms with E-state index in [1.54, 1.807) is 12.1 Å². The molecule has 3 aromatic rings. The van der Waals surface area contributed by atoms with Crippen LogP contribution in [0.25, 0.3) is 5.52 Å². The Kier molecular flexibility index (Phi) is 21.9. The van der Waals surface area contributed by atoms with Gasteiger partial charge in [0.1, 0.15) is 17.7 Å². The molecule has 13 nitrogen and oxygen atoms in total. The molecule has 304 valence electrons. The largest absolute Gasteiger partial charge is 0.472 e. The first-order valence-electron chi connectivity index (χ1n) is 19.9. The molecule has 2 heterocycles. The summed E-state index contributed by atoms with van der Waals surface area (Å²) in [6, 6.07) is 9.36. The second-order valence-corrected chi connectivity index (χ2v) is 15.6. The summed E-state index contributed by atoms with van der Waals surface area (Å²) in [7, 11) is -4.71. The number of phosphoric acid groups is 1. The van der Waals surface area contributed by atoms with E-state index in [1.807, 2.05) is 6.07 Å². The van der Waals surface area contributed by atoms with Crippen molar-refractivity contribution in [1.82, 2.24) is 14.6 Å². The van der Waals surface area contributed by atoms with Crippen LogP contribution >= 0.6 is 7.82 Å². The van der Waals surface area contributed by atoms with Crippen LogP contribution in [0.5, 0.6) is 0 Å². The van der Waals surface area contributed by atoms with Crippen LogP contribution < -0.4 is 5.73 Å². The zero-order chi connectivity index (χ0) is 39.7.